The van der Waals surface area contributed by atoms with Gasteiger partial charge in [0.25, 0.3) is 0 Å². The van der Waals surface area contributed by atoms with E-state index in [1.807, 2.05) is 0 Å². The van der Waals surface area contributed by atoms with Gasteiger partial charge in [0, 0.05) is 0 Å². The Balaban J connectivity index is 2.49. The fourth-order valence-corrected chi connectivity index (χ4v) is 1.76. The summed E-state index contributed by atoms with van der Waals surface area (Å²) in [7, 11) is 0. The molecule has 0 aliphatic carbocycles. The lowest BCUT2D eigenvalue weighted by Gasteiger charge is -2.09. The molecule has 1 N–H and O–H groups in total. The van der Waals surface area contributed by atoms with E-state index in [0.717, 1.165) is 19.5 Å². The minimum Gasteiger partial charge on any atom is -0.316 e. The van der Waals surface area contributed by atoms with E-state index in [0.29, 0.717) is 0 Å². The van der Waals surface area contributed by atoms with Crippen LogP contribution in [0.3, 0.4) is 0 Å². The summed E-state index contributed by atoms with van der Waals surface area (Å²) in [4.78, 5) is 0. The lowest BCUT2D eigenvalue weighted by molar-refractivity contribution is 0.669. The highest BCUT2D eigenvalue weighted by Crippen LogP contribution is 2.13. The molecule has 0 radical (unpaired) electrons. The predicted octanol–water partition coefficient (Wildman–Crippen LogP) is 2.85. The average molecular weight is 191 g/mol. The Morgan fingerprint density at radius 1 is 1.07 bits per heavy atom. The number of hydrogen-bond acceptors (Lipinski definition) is 1. The van der Waals surface area contributed by atoms with Crippen LogP contribution in [0.5, 0.6) is 0 Å². The van der Waals surface area contributed by atoms with Crippen LogP contribution in [-0.4, -0.2) is 13.1 Å². The van der Waals surface area contributed by atoms with Gasteiger partial charge in [-0.15, -0.1) is 0 Å². The van der Waals surface area contributed by atoms with Crippen molar-refractivity contribution < 1.29 is 0 Å². The van der Waals surface area contributed by atoms with Crippen molar-refractivity contribution in [3.8, 4) is 0 Å². The molecule has 78 valence electrons. The lowest BCUT2D eigenvalue weighted by Crippen LogP contribution is -2.18. The topological polar surface area (TPSA) is 12.0 Å². The second kappa shape index (κ2) is 5.82. The smallest absolute Gasteiger partial charge is 0.000815 e. The molecule has 1 rings (SSSR count). The van der Waals surface area contributed by atoms with Crippen LogP contribution in [0.4, 0.5) is 0 Å². The third-order valence-electron chi connectivity index (χ3n) is 2.62. The second-order valence-corrected chi connectivity index (χ2v) is 3.87. The third kappa shape index (κ3) is 3.15. The minimum atomic E-state index is 1.10. The highest BCUT2D eigenvalue weighted by Gasteiger charge is 2.00. The summed E-state index contributed by atoms with van der Waals surface area (Å²) < 4.78 is 0. The molecule has 0 saturated carbocycles. The zero-order valence-electron chi connectivity index (χ0n) is 9.56. The molecule has 0 unspecified atom stereocenters. The van der Waals surface area contributed by atoms with E-state index < -0.39 is 0 Å². The molecule has 0 aromatic heterocycles. The molecule has 1 aromatic rings. The van der Waals surface area contributed by atoms with Gasteiger partial charge in [0.1, 0.15) is 0 Å². The monoisotopic (exact) mass is 191 g/mol. The molecule has 0 saturated heterocycles. The van der Waals surface area contributed by atoms with Crippen LogP contribution in [0.15, 0.2) is 18.2 Å². The lowest BCUT2D eigenvalue weighted by atomic mass is 10.0. The van der Waals surface area contributed by atoms with Crippen LogP contribution >= 0.6 is 0 Å². The van der Waals surface area contributed by atoms with Crippen molar-refractivity contribution in [2.24, 2.45) is 0 Å². The normalized spacial score (nSPS) is 10.5. The Bertz CT molecular complexity index is 258. The first-order valence-corrected chi connectivity index (χ1v) is 5.51. The van der Waals surface area contributed by atoms with Gasteiger partial charge in [-0.25, -0.2) is 0 Å². The Hall–Kier alpha value is -0.820. The summed E-state index contributed by atoms with van der Waals surface area (Å²) in [6.07, 6.45) is 2.37. The Morgan fingerprint density at radius 3 is 2.29 bits per heavy atom. The van der Waals surface area contributed by atoms with E-state index in [1.54, 1.807) is 0 Å². The minimum absolute atomic E-state index is 1.10. The third-order valence-corrected chi connectivity index (χ3v) is 2.62. The summed E-state index contributed by atoms with van der Waals surface area (Å²) in [5, 5.41) is 3.44. The van der Waals surface area contributed by atoms with Gasteiger partial charge in [-0.05, 0) is 56.5 Å². The Kier molecular flexibility index (Phi) is 4.68. The molecule has 1 aromatic carbocycles. The van der Waals surface area contributed by atoms with Crippen molar-refractivity contribution in [1.82, 2.24) is 5.32 Å². The molecule has 14 heavy (non-hydrogen) atoms. The van der Waals surface area contributed by atoms with Crippen LogP contribution in [-0.2, 0) is 6.42 Å². The summed E-state index contributed by atoms with van der Waals surface area (Å²) in [5.41, 5.74) is 4.35. The van der Waals surface area contributed by atoms with Gasteiger partial charge in [-0.1, -0.05) is 25.1 Å². The van der Waals surface area contributed by atoms with E-state index >= 15 is 0 Å². The van der Waals surface area contributed by atoms with Crippen molar-refractivity contribution in [2.45, 2.75) is 33.6 Å². The predicted molar refractivity (Wildman–Crippen MR) is 62.8 cm³/mol. The first-order chi connectivity index (χ1) is 6.75. The number of hydrogen-bond donors (Lipinski definition) is 1. The van der Waals surface area contributed by atoms with E-state index in [-0.39, 0.29) is 0 Å². The fraction of sp³-hybridized carbons (Fsp3) is 0.538. The molecule has 1 heteroatoms. The molecular formula is C13H21N. The molecule has 0 aliphatic rings. The average Bonchev–Trinajstić information content (AvgIpc) is 2.16. The van der Waals surface area contributed by atoms with Gasteiger partial charge in [-0.3, -0.25) is 0 Å². The largest absolute Gasteiger partial charge is 0.316 e. The summed E-state index contributed by atoms with van der Waals surface area (Å²) >= 11 is 0. The molecule has 0 amide bonds. The van der Waals surface area contributed by atoms with E-state index in [4.69, 9.17) is 0 Å². The molecular weight excluding hydrogens is 170 g/mol. The fourth-order valence-electron chi connectivity index (χ4n) is 1.76. The van der Waals surface area contributed by atoms with Crippen LogP contribution in [0.2, 0.25) is 0 Å². The summed E-state index contributed by atoms with van der Waals surface area (Å²) in [6, 6.07) is 6.53. The first kappa shape index (κ1) is 11.3. The number of nitrogens with one attached hydrogen (secondary N) is 1. The van der Waals surface area contributed by atoms with Crippen LogP contribution < -0.4 is 5.32 Å². The highest BCUT2D eigenvalue weighted by molar-refractivity contribution is 5.33. The number of benzene rings is 1. The zero-order valence-corrected chi connectivity index (χ0v) is 9.56. The molecule has 0 bridgehead atoms. The van der Waals surface area contributed by atoms with Crippen molar-refractivity contribution in [2.75, 3.05) is 13.1 Å². The van der Waals surface area contributed by atoms with Crippen molar-refractivity contribution in [3.05, 3.63) is 34.9 Å². The summed E-state index contributed by atoms with van der Waals surface area (Å²) in [6.45, 7) is 8.82. The van der Waals surface area contributed by atoms with Gasteiger partial charge in [0.15, 0.2) is 0 Å². The molecule has 0 atom stereocenters. The van der Waals surface area contributed by atoms with Crippen LogP contribution in [0.1, 0.15) is 30.0 Å². The summed E-state index contributed by atoms with van der Waals surface area (Å²) in [5.74, 6) is 0. The molecule has 0 heterocycles. The van der Waals surface area contributed by atoms with E-state index in [2.05, 4.69) is 44.3 Å². The molecule has 1 nitrogen and oxygen atoms in total. The van der Waals surface area contributed by atoms with Crippen molar-refractivity contribution in [3.63, 3.8) is 0 Å². The highest BCUT2D eigenvalue weighted by atomic mass is 14.8. The molecule has 0 fully saturated rings. The first-order valence-electron chi connectivity index (χ1n) is 5.51. The van der Waals surface area contributed by atoms with E-state index in [1.165, 1.54) is 23.1 Å². The standard InChI is InChI=1S/C13H21N/c1-4-9-14-10-8-13-11(2)6-5-7-12(13)3/h5-7,14H,4,8-10H2,1-3H3. The van der Waals surface area contributed by atoms with Gasteiger partial charge < -0.3 is 5.32 Å². The van der Waals surface area contributed by atoms with Gasteiger partial charge in [-0.2, -0.15) is 0 Å². The maximum Gasteiger partial charge on any atom is -0.000815 e. The Morgan fingerprint density at radius 2 is 1.71 bits per heavy atom. The van der Waals surface area contributed by atoms with Crippen LogP contribution in [0, 0.1) is 13.8 Å². The molecule has 0 aliphatic heterocycles. The van der Waals surface area contributed by atoms with Gasteiger partial charge >= 0.3 is 0 Å². The number of rotatable bonds is 5. The van der Waals surface area contributed by atoms with Crippen molar-refractivity contribution >= 4 is 0 Å². The van der Waals surface area contributed by atoms with Crippen LogP contribution in [0.25, 0.3) is 0 Å². The second-order valence-electron chi connectivity index (χ2n) is 3.87. The maximum atomic E-state index is 3.44. The molecule has 0 spiro atoms. The van der Waals surface area contributed by atoms with Gasteiger partial charge in [0.2, 0.25) is 0 Å². The maximum absolute atomic E-state index is 3.44. The van der Waals surface area contributed by atoms with Gasteiger partial charge in [0.05, 0.1) is 0 Å². The zero-order chi connectivity index (χ0) is 10.4. The quantitative estimate of drug-likeness (QED) is 0.706. The Labute approximate surface area is 87.5 Å². The van der Waals surface area contributed by atoms with Crippen molar-refractivity contribution in [1.29, 1.82) is 0 Å². The van der Waals surface area contributed by atoms with E-state index in [9.17, 15) is 0 Å². The SMILES string of the molecule is CCCNCCc1c(C)cccc1C. The number of aryl methyl sites for hydroxylation is 2.